The predicted octanol–water partition coefficient (Wildman–Crippen LogP) is 0.741. The van der Waals surface area contributed by atoms with Crippen molar-refractivity contribution in [2.75, 3.05) is 17.6 Å². The maximum atomic E-state index is 11.5. The summed E-state index contributed by atoms with van der Waals surface area (Å²) in [5.41, 5.74) is 5.88. The maximum absolute atomic E-state index is 11.5. The van der Waals surface area contributed by atoms with Gasteiger partial charge in [0.25, 0.3) is 0 Å². The molecule has 94 valence electrons. The molecule has 17 heavy (non-hydrogen) atoms. The third-order valence-electron chi connectivity index (χ3n) is 2.17. The average Bonchev–Trinajstić information content (AvgIpc) is 2.28. The van der Waals surface area contributed by atoms with Crippen LogP contribution >= 0.6 is 0 Å². The van der Waals surface area contributed by atoms with Gasteiger partial charge in [0.1, 0.15) is 17.3 Å². The summed E-state index contributed by atoms with van der Waals surface area (Å²) in [7, 11) is -2.02. The van der Waals surface area contributed by atoms with Crippen molar-refractivity contribution < 1.29 is 13.2 Å². The molecule has 0 aliphatic carbocycles. The SMILES string of the molecule is CCS(=O)(=O)Nc1c(OC)cccc1C(=N)N. The minimum absolute atomic E-state index is 0.0671. The Balaban J connectivity index is 3.33. The Labute approximate surface area is 100 Å². The lowest BCUT2D eigenvalue weighted by Crippen LogP contribution is -2.20. The van der Waals surface area contributed by atoms with Crippen molar-refractivity contribution in [3.63, 3.8) is 0 Å². The zero-order chi connectivity index (χ0) is 13.1. The molecule has 1 aromatic rings. The van der Waals surface area contributed by atoms with Crippen LogP contribution in [0.15, 0.2) is 18.2 Å². The normalized spacial score (nSPS) is 10.9. The van der Waals surface area contributed by atoms with Crippen molar-refractivity contribution >= 4 is 21.5 Å². The Morgan fingerprint density at radius 1 is 1.53 bits per heavy atom. The van der Waals surface area contributed by atoms with Gasteiger partial charge in [0, 0.05) is 5.56 Å². The lowest BCUT2D eigenvalue weighted by atomic mass is 10.1. The summed E-state index contributed by atoms with van der Waals surface area (Å²) in [6, 6.07) is 4.79. The second-order valence-corrected chi connectivity index (χ2v) is 5.31. The minimum Gasteiger partial charge on any atom is -0.495 e. The van der Waals surface area contributed by atoms with E-state index in [4.69, 9.17) is 15.9 Å². The fraction of sp³-hybridized carbons (Fsp3) is 0.300. The molecule has 1 aromatic carbocycles. The van der Waals surface area contributed by atoms with E-state index in [0.717, 1.165) is 0 Å². The fourth-order valence-electron chi connectivity index (χ4n) is 1.26. The number of nitrogen functional groups attached to an aromatic ring is 1. The number of para-hydroxylation sites is 1. The lowest BCUT2D eigenvalue weighted by molar-refractivity contribution is 0.417. The van der Waals surface area contributed by atoms with Gasteiger partial charge in [0.15, 0.2) is 0 Å². The summed E-state index contributed by atoms with van der Waals surface area (Å²) >= 11 is 0. The topological polar surface area (TPSA) is 105 Å². The number of nitrogens with one attached hydrogen (secondary N) is 2. The highest BCUT2D eigenvalue weighted by Gasteiger charge is 2.16. The highest BCUT2D eigenvalue weighted by Crippen LogP contribution is 2.28. The van der Waals surface area contributed by atoms with Gasteiger partial charge in [-0.3, -0.25) is 10.1 Å². The molecule has 6 nitrogen and oxygen atoms in total. The first kappa shape index (κ1) is 13.3. The van der Waals surface area contributed by atoms with Crippen LogP contribution in [0.25, 0.3) is 0 Å². The van der Waals surface area contributed by atoms with E-state index >= 15 is 0 Å². The Bertz CT molecular complexity index is 526. The molecule has 0 aliphatic rings. The van der Waals surface area contributed by atoms with Gasteiger partial charge in [0.05, 0.1) is 12.9 Å². The number of methoxy groups -OCH3 is 1. The number of rotatable bonds is 5. The second-order valence-electron chi connectivity index (χ2n) is 3.30. The second kappa shape index (κ2) is 5.05. The van der Waals surface area contributed by atoms with Crippen LogP contribution in [0.3, 0.4) is 0 Å². The average molecular weight is 257 g/mol. The molecule has 0 aromatic heterocycles. The van der Waals surface area contributed by atoms with Gasteiger partial charge < -0.3 is 10.5 Å². The van der Waals surface area contributed by atoms with E-state index in [2.05, 4.69) is 4.72 Å². The van der Waals surface area contributed by atoms with E-state index < -0.39 is 10.0 Å². The number of anilines is 1. The number of amidine groups is 1. The molecule has 0 heterocycles. The van der Waals surface area contributed by atoms with Crippen molar-refractivity contribution in [3.8, 4) is 5.75 Å². The molecule has 0 spiro atoms. The third-order valence-corrected chi connectivity index (χ3v) is 3.45. The van der Waals surface area contributed by atoms with Crippen molar-refractivity contribution in [3.05, 3.63) is 23.8 Å². The number of sulfonamides is 1. The number of hydrogen-bond donors (Lipinski definition) is 3. The highest BCUT2D eigenvalue weighted by atomic mass is 32.2. The molecule has 7 heteroatoms. The quantitative estimate of drug-likeness (QED) is 0.534. The van der Waals surface area contributed by atoms with Crippen LogP contribution in [0.1, 0.15) is 12.5 Å². The Hall–Kier alpha value is -1.76. The molecule has 4 N–H and O–H groups in total. The first-order valence-corrected chi connectivity index (χ1v) is 6.58. The van der Waals surface area contributed by atoms with Crippen LogP contribution in [-0.4, -0.2) is 27.1 Å². The largest absolute Gasteiger partial charge is 0.495 e. The molecule has 0 amide bonds. The highest BCUT2D eigenvalue weighted by molar-refractivity contribution is 7.92. The molecule has 0 atom stereocenters. The summed E-state index contributed by atoms with van der Waals surface area (Å²) in [5.74, 6) is 0.0370. The van der Waals surface area contributed by atoms with E-state index in [1.165, 1.54) is 14.0 Å². The van der Waals surface area contributed by atoms with Crippen molar-refractivity contribution in [1.29, 1.82) is 5.41 Å². The number of nitrogens with two attached hydrogens (primary N) is 1. The molecule has 0 aliphatic heterocycles. The fourth-order valence-corrected chi connectivity index (χ4v) is 1.92. The summed E-state index contributed by atoms with van der Waals surface area (Å²) < 4.78 is 30.5. The van der Waals surface area contributed by atoms with Gasteiger partial charge in [-0.25, -0.2) is 8.42 Å². The van der Waals surface area contributed by atoms with E-state index in [9.17, 15) is 8.42 Å². The third kappa shape index (κ3) is 3.10. The van der Waals surface area contributed by atoms with Crippen LogP contribution in [0.5, 0.6) is 5.75 Å². The van der Waals surface area contributed by atoms with Gasteiger partial charge in [-0.15, -0.1) is 0 Å². The first-order valence-electron chi connectivity index (χ1n) is 4.93. The molecule has 0 fully saturated rings. The smallest absolute Gasteiger partial charge is 0.232 e. The van der Waals surface area contributed by atoms with E-state index in [-0.39, 0.29) is 17.3 Å². The summed E-state index contributed by atoms with van der Waals surface area (Å²) in [4.78, 5) is 0. The Morgan fingerprint density at radius 2 is 2.18 bits per heavy atom. The lowest BCUT2D eigenvalue weighted by Gasteiger charge is -2.14. The summed E-state index contributed by atoms with van der Waals surface area (Å²) in [5, 5.41) is 7.40. The first-order chi connectivity index (χ1) is 7.91. The van der Waals surface area contributed by atoms with Crippen LogP contribution in [0.2, 0.25) is 0 Å². The van der Waals surface area contributed by atoms with Crippen molar-refractivity contribution in [1.82, 2.24) is 0 Å². The van der Waals surface area contributed by atoms with Crippen LogP contribution in [0, 0.1) is 5.41 Å². The maximum Gasteiger partial charge on any atom is 0.232 e. The van der Waals surface area contributed by atoms with E-state index in [0.29, 0.717) is 11.3 Å². The van der Waals surface area contributed by atoms with Gasteiger partial charge in [0.2, 0.25) is 10.0 Å². The number of ether oxygens (including phenoxy) is 1. The molecule has 0 bridgehead atoms. The van der Waals surface area contributed by atoms with Gasteiger partial charge in [-0.2, -0.15) is 0 Å². The van der Waals surface area contributed by atoms with Crippen LogP contribution in [-0.2, 0) is 10.0 Å². The molecule has 0 unspecified atom stereocenters. The minimum atomic E-state index is -3.44. The summed E-state index contributed by atoms with van der Waals surface area (Å²) in [6.45, 7) is 1.52. The standard InChI is InChI=1S/C10H15N3O3S/c1-3-17(14,15)13-9-7(10(11)12)5-4-6-8(9)16-2/h4-6,13H,3H2,1-2H3,(H3,11,12). The van der Waals surface area contributed by atoms with Gasteiger partial charge >= 0.3 is 0 Å². The molecule has 0 saturated heterocycles. The van der Waals surface area contributed by atoms with Crippen molar-refractivity contribution in [2.24, 2.45) is 5.73 Å². The molecule has 0 radical (unpaired) electrons. The molecule has 0 saturated carbocycles. The van der Waals surface area contributed by atoms with E-state index in [1.54, 1.807) is 18.2 Å². The predicted molar refractivity (Wildman–Crippen MR) is 67.1 cm³/mol. The molecule has 1 rings (SSSR count). The Morgan fingerprint density at radius 3 is 2.65 bits per heavy atom. The van der Waals surface area contributed by atoms with E-state index in [1.807, 2.05) is 0 Å². The molecular weight excluding hydrogens is 242 g/mol. The zero-order valence-electron chi connectivity index (χ0n) is 9.65. The monoisotopic (exact) mass is 257 g/mol. The zero-order valence-corrected chi connectivity index (χ0v) is 10.5. The Kier molecular flexibility index (Phi) is 3.95. The number of hydrogen-bond acceptors (Lipinski definition) is 4. The van der Waals surface area contributed by atoms with Crippen LogP contribution < -0.4 is 15.2 Å². The van der Waals surface area contributed by atoms with Gasteiger partial charge in [-0.1, -0.05) is 6.07 Å². The van der Waals surface area contributed by atoms with Crippen molar-refractivity contribution in [2.45, 2.75) is 6.92 Å². The van der Waals surface area contributed by atoms with Gasteiger partial charge in [-0.05, 0) is 19.1 Å². The summed E-state index contributed by atoms with van der Waals surface area (Å²) in [6.07, 6.45) is 0. The number of benzene rings is 1. The molecular formula is C10H15N3O3S. The van der Waals surface area contributed by atoms with Crippen LogP contribution in [0.4, 0.5) is 5.69 Å².